The molecule has 3 N–H and O–H groups in total. The topological polar surface area (TPSA) is 86.6 Å². The molecule has 0 unspecified atom stereocenters. The number of para-hydroxylation sites is 1. The molecule has 104 valence electrons. The van der Waals surface area contributed by atoms with Crippen molar-refractivity contribution in [1.29, 1.82) is 0 Å². The molecular formula is C14H19NO4. The van der Waals surface area contributed by atoms with Gasteiger partial charge in [-0.05, 0) is 24.5 Å². The summed E-state index contributed by atoms with van der Waals surface area (Å²) in [6, 6.07) is 5.96. The van der Waals surface area contributed by atoms with Gasteiger partial charge >= 0.3 is 5.97 Å². The number of amides is 1. The van der Waals surface area contributed by atoms with E-state index in [1.807, 2.05) is 6.92 Å². The summed E-state index contributed by atoms with van der Waals surface area (Å²) >= 11 is 0. The third-order valence-electron chi connectivity index (χ3n) is 2.82. The number of carboxylic acid groups (broad SMARTS) is 1. The van der Waals surface area contributed by atoms with Crippen molar-refractivity contribution in [3.8, 4) is 5.75 Å². The van der Waals surface area contributed by atoms with Gasteiger partial charge in [0.05, 0.1) is 0 Å². The molecule has 0 fully saturated rings. The molecule has 0 spiro atoms. The van der Waals surface area contributed by atoms with Gasteiger partial charge in [-0.15, -0.1) is 0 Å². The Labute approximate surface area is 112 Å². The van der Waals surface area contributed by atoms with Gasteiger partial charge in [-0.1, -0.05) is 31.5 Å². The van der Waals surface area contributed by atoms with Crippen molar-refractivity contribution < 1.29 is 19.8 Å². The lowest BCUT2D eigenvalue weighted by atomic mass is 10.1. The molecule has 0 heterocycles. The van der Waals surface area contributed by atoms with E-state index in [-0.39, 0.29) is 18.1 Å². The Hall–Kier alpha value is -2.04. The second kappa shape index (κ2) is 7.41. The number of aromatic hydroxyl groups is 1. The van der Waals surface area contributed by atoms with Gasteiger partial charge in [-0.2, -0.15) is 0 Å². The van der Waals surface area contributed by atoms with Gasteiger partial charge in [-0.3, -0.25) is 4.79 Å². The van der Waals surface area contributed by atoms with E-state index in [1.165, 1.54) is 0 Å². The number of hydrogen-bond acceptors (Lipinski definition) is 3. The molecule has 1 aromatic carbocycles. The zero-order chi connectivity index (χ0) is 14.3. The molecular weight excluding hydrogens is 246 g/mol. The van der Waals surface area contributed by atoms with Crippen LogP contribution in [0.2, 0.25) is 0 Å². The number of nitrogens with one attached hydrogen (secondary N) is 1. The molecule has 0 aromatic heterocycles. The standard InChI is InChI=1S/C14H19NO4/c1-2-5-11(14(18)19)15-13(17)9-8-10-6-3-4-7-12(10)16/h3-4,6-7,11,16H,2,5,8-9H2,1H3,(H,15,17)(H,18,19)/t11-/m1/s1. The van der Waals surface area contributed by atoms with Crippen molar-refractivity contribution in [2.24, 2.45) is 0 Å². The third kappa shape index (κ3) is 4.99. The number of aryl methyl sites for hydroxylation is 1. The van der Waals surface area contributed by atoms with Crippen LogP contribution in [0.1, 0.15) is 31.7 Å². The highest BCUT2D eigenvalue weighted by Gasteiger charge is 2.18. The van der Waals surface area contributed by atoms with Crippen molar-refractivity contribution in [2.75, 3.05) is 0 Å². The average molecular weight is 265 g/mol. The van der Waals surface area contributed by atoms with Gasteiger partial charge in [-0.25, -0.2) is 4.79 Å². The van der Waals surface area contributed by atoms with Crippen molar-refractivity contribution >= 4 is 11.9 Å². The van der Waals surface area contributed by atoms with Crippen molar-refractivity contribution in [2.45, 2.75) is 38.6 Å². The molecule has 1 atom stereocenters. The van der Waals surface area contributed by atoms with E-state index < -0.39 is 12.0 Å². The lowest BCUT2D eigenvalue weighted by Gasteiger charge is -2.13. The summed E-state index contributed by atoms with van der Waals surface area (Å²) in [4.78, 5) is 22.6. The normalized spacial score (nSPS) is 11.8. The molecule has 5 heteroatoms. The Morgan fingerprint density at radius 1 is 1.32 bits per heavy atom. The molecule has 0 saturated carbocycles. The summed E-state index contributed by atoms with van der Waals surface area (Å²) < 4.78 is 0. The number of carbonyl (C=O) groups is 2. The molecule has 0 aliphatic rings. The fourth-order valence-corrected chi connectivity index (χ4v) is 1.78. The zero-order valence-electron chi connectivity index (χ0n) is 10.9. The fourth-order valence-electron chi connectivity index (χ4n) is 1.78. The summed E-state index contributed by atoms with van der Waals surface area (Å²) in [6.45, 7) is 1.87. The van der Waals surface area contributed by atoms with Gasteiger partial charge in [0.2, 0.25) is 5.91 Å². The Balaban J connectivity index is 2.47. The Morgan fingerprint density at radius 3 is 2.58 bits per heavy atom. The van der Waals surface area contributed by atoms with Gasteiger partial charge in [0, 0.05) is 6.42 Å². The van der Waals surface area contributed by atoms with E-state index >= 15 is 0 Å². The smallest absolute Gasteiger partial charge is 0.326 e. The number of hydrogen-bond donors (Lipinski definition) is 3. The van der Waals surface area contributed by atoms with Crippen LogP contribution in [0.3, 0.4) is 0 Å². The van der Waals surface area contributed by atoms with Crippen molar-refractivity contribution in [3.63, 3.8) is 0 Å². The van der Waals surface area contributed by atoms with E-state index in [0.717, 1.165) is 0 Å². The highest BCUT2D eigenvalue weighted by molar-refractivity contribution is 5.83. The second-order valence-electron chi connectivity index (χ2n) is 4.38. The quantitative estimate of drug-likeness (QED) is 0.700. The molecule has 0 aliphatic carbocycles. The maximum Gasteiger partial charge on any atom is 0.326 e. The predicted octanol–water partition coefficient (Wildman–Crippen LogP) is 1.69. The highest BCUT2D eigenvalue weighted by Crippen LogP contribution is 2.17. The maximum absolute atomic E-state index is 11.7. The Morgan fingerprint density at radius 2 is 2.00 bits per heavy atom. The molecule has 1 rings (SSSR count). The van der Waals surface area contributed by atoms with Gasteiger partial charge in [0.25, 0.3) is 0 Å². The molecule has 1 amide bonds. The van der Waals surface area contributed by atoms with Gasteiger partial charge in [0.15, 0.2) is 0 Å². The number of carbonyl (C=O) groups excluding carboxylic acids is 1. The van der Waals surface area contributed by atoms with Crippen LogP contribution in [0.15, 0.2) is 24.3 Å². The van der Waals surface area contributed by atoms with Gasteiger partial charge < -0.3 is 15.5 Å². The summed E-state index contributed by atoms with van der Waals surface area (Å²) in [5, 5.41) is 21.0. The summed E-state index contributed by atoms with van der Waals surface area (Å²) in [7, 11) is 0. The monoisotopic (exact) mass is 265 g/mol. The third-order valence-corrected chi connectivity index (χ3v) is 2.82. The lowest BCUT2D eigenvalue weighted by Crippen LogP contribution is -2.40. The minimum atomic E-state index is -1.02. The van der Waals surface area contributed by atoms with Crippen LogP contribution in [-0.4, -0.2) is 28.1 Å². The van der Waals surface area contributed by atoms with E-state index in [9.17, 15) is 14.7 Å². The van der Waals surface area contributed by atoms with Crippen LogP contribution in [0.4, 0.5) is 0 Å². The van der Waals surface area contributed by atoms with Crippen LogP contribution in [0, 0.1) is 0 Å². The number of phenols is 1. The predicted molar refractivity (Wildman–Crippen MR) is 70.9 cm³/mol. The van der Waals surface area contributed by atoms with Crippen LogP contribution in [0.25, 0.3) is 0 Å². The van der Waals surface area contributed by atoms with Gasteiger partial charge in [0.1, 0.15) is 11.8 Å². The highest BCUT2D eigenvalue weighted by atomic mass is 16.4. The molecule has 0 aliphatic heterocycles. The van der Waals surface area contributed by atoms with E-state index in [0.29, 0.717) is 24.8 Å². The van der Waals surface area contributed by atoms with E-state index in [1.54, 1.807) is 24.3 Å². The summed E-state index contributed by atoms with van der Waals surface area (Å²) in [6.07, 6.45) is 1.65. The van der Waals surface area contributed by atoms with E-state index in [4.69, 9.17) is 5.11 Å². The molecule has 0 bridgehead atoms. The Bertz CT molecular complexity index is 445. The first-order valence-corrected chi connectivity index (χ1v) is 6.33. The molecule has 5 nitrogen and oxygen atoms in total. The molecule has 19 heavy (non-hydrogen) atoms. The zero-order valence-corrected chi connectivity index (χ0v) is 10.9. The maximum atomic E-state index is 11.7. The number of aliphatic carboxylic acids is 1. The Kier molecular flexibility index (Phi) is 5.85. The van der Waals surface area contributed by atoms with E-state index in [2.05, 4.69) is 5.32 Å². The van der Waals surface area contributed by atoms with Crippen LogP contribution < -0.4 is 5.32 Å². The number of carboxylic acids is 1. The SMILES string of the molecule is CCC[C@@H](NC(=O)CCc1ccccc1O)C(=O)O. The van der Waals surface area contributed by atoms with Crippen LogP contribution in [-0.2, 0) is 16.0 Å². The number of phenolic OH excluding ortho intramolecular Hbond substituents is 1. The fraction of sp³-hybridized carbons (Fsp3) is 0.429. The molecule has 0 radical (unpaired) electrons. The number of rotatable bonds is 7. The summed E-state index contributed by atoms with van der Waals surface area (Å²) in [5.41, 5.74) is 0.681. The molecule has 0 saturated heterocycles. The van der Waals surface area contributed by atoms with Crippen LogP contribution in [0.5, 0.6) is 5.75 Å². The second-order valence-corrected chi connectivity index (χ2v) is 4.38. The van der Waals surface area contributed by atoms with Crippen molar-refractivity contribution in [1.82, 2.24) is 5.32 Å². The minimum absolute atomic E-state index is 0.152. The first-order chi connectivity index (χ1) is 9.04. The number of benzene rings is 1. The van der Waals surface area contributed by atoms with Crippen molar-refractivity contribution in [3.05, 3.63) is 29.8 Å². The lowest BCUT2D eigenvalue weighted by molar-refractivity contribution is -0.142. The average Bonchev–Trinajstić information content (AvgIpc) is 2.37. The molecule has 1 aromatic rings. The first kappa shape index (κ1) is 15.0. The largest absolute Gasteiger partial charge is 0.508 e. The minimum Gasteiger partial charge on any atom is -0.508 e. The van der Waals surface area contributed by atoms with Crippen LogP contribution >= 0.6 is 0 Å². The first-order valence-electron chi connectivity index (χ1n) is 6.33. The summed E-state index contributed by atoms with van der Waals surface area (Å²) in [5.74, 6) is -1.18.